The van der Waals surface area contributed by atoms with E-state index in [1.165, 1.54) is 29.2 Å². The first kappa shape index (κ1) is 19.7. The third-order valence-electron chi connectivity index (χ3n) is 5.19. The lowest BCUT2D eigenvalue weighted by molar-refractivity contribution is -0.118. The molecule has 1 atom stereocenters. The quantitative estimate of drug-likeness (QED) is 0.817. The lowest BCUT2D eigenvalue weighted by Gasteiger charge is -2.30. The lowest BCUT2D eigenvalue weighted by Crippen LogP contribution is -2.36. The number of para-hydroxylation sites is 1. The van der Waals surface area contributed by atoms with E-state index in [2.05, 4.69) is 27.2 Å². The summed E-state index contributed by atoms with van der Waals surface area (Å²) in [5.41, 5.74) is 1.98. The predicted octanol–water partition coefficient (Wildman–Crippen LogP) is 3.50. The van der Waals surface area contributed by atoms with Crippen molar-refractivity contribution in [1.29, 1.82) is 0 Å². The van der Waals surface area contributed by atoms with Crippen molar-refractivity contribution in [3.05, 3.63) is 41.4 Å². The zero-order valence-electron chi connectivity index (χ0n) is 16.5. The second-order valence-electron chi connectivity index (χ2n) is 7.67. The van der Waals surface area contributed by atoms with Gasteiger partial charge < -0.3 is 0 Å². The molecule has 2 aliphatic rings. The number of rotatable bonds is 5. The van der Waals surface area contributed by atoms with Gasteiger partial charge in [-0.15, -0.1) is 11.3 Å². The van der Waals surface area contributed by atoms with Crippen LogP contribution in [0.25, 0.3) is 0 Å². The largest absolute Gasteiger partial charge is 0.297 e. The van der Waals surface area contributed by atoms with Crippen LogP contribution in [0.5, 0.6) is 0 Å². The van der Waals surface area contributed by atoms with Gasteiger partial charge in [-0.2, -0.15) is 5.10 Å². The van der Waals surface area contributed by atoms with Crippen molar-refractivity contribution in [2.75, 3.05) is 23.4 Å². The van der Waals surface area contributed by atoms with Crippen molar-refractivity contribution in [1.82, 2.24) is 9.88 Å². The second kappa shape index (κ2) is 8.84. The Kier molecular flexibility index (Phi) is 6.01. The van der Waals surface area contributed by atoms with Crippen LogP contribution in [-0.4, -0.2) is 40.5 Å². The fraction of sp³-hybridized carbons (Fsp3) is 0.429. The number of carbonyl (C=O) groups is 2. The van der Waals surface area contributed by atoms with E-state index in [1.54, 1.807) is 12.1 Å². The van der Waals surface area contributed by atoms with Crippen LogP contribution in [0, 0.1) is 5.92 Å². The van der Waals surface area contributed by atoms with Gasteiger partial charge in [0.2, 0.25) is 5.91 Å². The predicted molar refractivity (Wildman–Crippen MR) is 115 cm³/mol. The summed E-state index contributed by atoms with van der Waals surface area (Å²) >= 11 is 1.42. The molecule has 152 valence electrons. The van der Waals surface area contributed by atoms with Crippen molar-refractivity contribution in [2.24, 2.45) is 11.0 Å². The number of nitrogens with zero attached hydrogens (tertiary/aromatic N) is 4. The zero-order chi connectivity index (χ0) is 20.2. The first-order chi connectivity index (χ1) is 14.1. The van der Waals surface area contributed by atoms with Crippen LogP contribution in [0.15, 0.2) is 40.8 Å². The number of hydrazone groups is 1. The number of piperidine rings is 1. The van der Waals surface area contributed by atoms with Crippen molar-refractivity contribution < 1.29 is 9.59 Å². The van der Waals surface area contributed by atoms with Crippen molar-refractivity contribution >= 4 is 39.7 Å². The molecule has 1 aromatic heterocycles. The van der Waals surface area contributed by atoms with Crippen molar-refractivity contribution in [3.8, 4) is 0 Å². The van der Waals surface area contributed by atoms with Gasteiger partial charge in [0.05, 0.1) is 11.4 Å². The average molecular weight is 412 g/mol. The summed E-state index contributed by atoms with van der Waals surface area (Å²) in [6.07, 6.45) is 3.11. The molecule has 2 amide bonds. The summed E-state index contributed by atoms with van der Waals surface area (Å²) in [6, 6.07) is 9.16. The minimum absolute atomic E-state index is 0.111. The van der Waals surface area contributed by atoms with Crippen LogP contribution in [0.4, 0.5) is 10.8 Å². The van der Waals surface area contributed by atoms with Crippen LogP contribution in [-0.2, 0) is 16.1 Å². The van der Waals surface area contributed by atoms with Gasteiger partial charge in [0, 0.05) is 31.3 Å². The smallest absolute Gasteiger partial charge is 0.273 e. The van der Waals surface area contributed by atoms with E-state index in [1.807, 2.05) is 23.6 Å². The van der Waals surface area contributed by atoms with E-state index in [0.29, 0.717) is 23.0 Å². The zero-order valence-corrected chi connectivity index (χ0v) is 17.3. The number of thiazole rings is 1. The van der Waals surface area contributed by atoms with Gasteiger partial charge in [0.1, 0.15) is 5.71 Å². The first-order valence-corrected chi connectivity index (χ1v) is 10.9. The highest BCUT2D eigenvalue weighted by atomic mass is 32.1. The molecule has 0 aliphatic carbocycles. The minimum Gasteiger partial charge on any atom is -0.297 e. The molecule has 2 aliphatic heterocycles. The average Bonchev–Trinajstić information content (AvgIpc) is 3.15. The molecule has 29 heavy (non-hydrogen) atoms. The highest BCUT2D eigenvalue weighted by Gasteiger charge is 2.26. The van der Waals surface area contributed by atoms with Crippen molar-refractivity contribution in [3.63, 3.8) is 0 Å². The molecule has 0 saturated carbocycles. The molecule has 0 bridgehead atoms. The maximum absolute atomic E-state index is 12.7. The lowest BCUT2D eigenvalue weighted by atomic mass is 10.0. The fourth-order valence-electron chi connectivity index (χ4n) is 3.75. The van der Waals surface area contributed by atoms with Crippen molar-refractivity contribution in [2.45, 2.75) is 39.2 Å². The van der Waals surface area contributed by atoms with E-state index >= 15 is 0 Å². The van der Waals surface area contributed by atoms with Gasteiger partial charge >= 0.3 is 0 Å². The maximum Gasteiger partial charge on any atom is 0.273 e. The third-order valence-corrected chi connectivity index (χ3v) is 6.00. The third kappa shape index (κ3) is 4.89. The van der Waals surface area contributed by atoms with Crippen LogP contribution >= 0.6 is 11.3 Å². The normalized spacial score (nSPS) is 20.4. The first-order valence-electron chi connectivity index (χ1n) is 10.0. The molecule has 4 rings (SSSR count). The van der Waals surface area contributed by atoms with E-state index in [4.69, 9.17) is 0 Å². The number of nitrogens with one attached hydrogen (secondary N) is 1. The maximum atomic E-state index is 12.7. The Morgan fingerprint density at radius 1 is 1.28 bits per heavy atom. The standard InChI is InChI=1S/C21H25N5O2S/c1-15-6-5-11-25(12-15)13-16-14-29-21(22-16)23-20(28)18-9-10-19(27)26(24-18)17-7-3-2-4-8-17/h2-4,7-8,14-15H,5-6,9-13H2,1H3,(H,22,23,28)/t15-/m0/s1. The SMILES string of the molecule is C[C@H]1CCCN(Cc2csc(NC(=O)C3=NN(c4ccccc4)C(=O)CC3)n2)C1. The summed E-state index contributed by atoms with van der Waals surface area (Å²) < 4.78 is 0. The Labute approximate surface area is 174 Å². The molecular weight excluding hydrogens is 386 g/mol. The molecule has 1 fully saturated rings. The fourth-order valence-corrected chi connectivity index (χ4v) is 4.45. The Morgan fingerprint density at radius 3 is 2.90 bits per heavy atom. The number of aromatic nitrogens is 1. The molecule has 1 saturated heterocycles. The Hall–Kier alpha value is -2.58. The molecule has 8 heteroatoms. The summed E-state index contributed by atoms with van der Waals surface area (Å²) in [4.78, 5) is 31.9. The molecule has 0 spiro atoms. The van der Waals surface area contributed by atoms with Gasteiger partial charge in [-0.3, -0.25) is 19.8 Å². The number of amides is 2. The molecule has 1 N–H and O–H groups in total. The van der Waals surface area contributed by atoms with E-state index < -0.39 is 0 Å². The van der Waals surface area contributed by atoms with E-state index in [9.17, 15) is 9.59 Å². The van der Waals surface area contributed by atoms with Crippen LogP contribution in [0.3, 0.4) is 0 Å². The number of likely N-dealkylation sites (tertiary alicyclic amines) is 1. The number of hydrogen-bond donors (Lipinski definition) is 1. The second-order valence-corrected chi connectivity index (χ2v) is 8.53. The highest BCUT2D eigenvalue weighted by molar-refractivity contribution is 7.14. The monoisotopic (exact) mass is 411 g/mol. The van der Waals surface area contributed by atoms with Crippen LogP contribution in [0.1, 0.15) is 38.3 Å². The summed E-state index contributed by atoms with van der Waals surface area (Å²) in [6.45, 7) is 5.30. The molecule has 3 heterocycles. The Bertz CT molecular complexity index is 911. The number of hydrogen-bond acceptors (Lipinski definition) is 6. The highest BCUT2D eigenvalue weighted by Crippen LogP contribution is 2.23. The summed E-state index contributed by atoms with van der Waals surface area (Å²) in [5.74, 6) is 0.312. The molecular formula is C21H25N5O2S. The molecule has 2 aromatic rings. The molecule has 0 unspecified atom stereocenters. The van der Waals surface area contributed by atoms with Gasteiger partial charge in [0.25, 0.3) is 5.91 Å². The minimum atomic E-state index is -0.300. The molecule has 0 radical (unpaired) electrons. The van der Waals surface area contributed by atoms with Crippen LogP contribution < -0.4 is 10.3 Å². The Morgan fingerprint density at radius 2 is 2.10 bits per heavy atom. The summed E-state index contributed by atoms with van der Waals surface area (Å²) in [5, 5.41) is 11.0. The van der Waals surface area contributed by atoms with Gasteiger partial charge in [-0.05, 0) is 37.4 Å². The van der Waals surface area contributed by atoms with Crippen LogP contribution in [0.2, 0.25) is 0 Å². The topological polar surface area (TPSA) is 77.9 Å². The number of carbonyl (C=O) groups excluding carboxylic acids is 2. The van der Waals surface area contributed by atoms with Gasteiger partial charge in [-0.1, -0.05) is 25.1 Å². The Balaban J connectivity index is 1.40. The van der Waals surface area contributed by atoms with E-state index in [-0.39, 0.29) is 18.2 Å². The van der Waals surface area contributed by atoms with E-state index in [0.717, 1.165) is 31.2 Å². The molecule has 1 aromatic carbocycles. The number of anilines is 2. The van der Waals surface area contributed by atoms with Gasteiger partial charge in [0.15, 0.2) is 5.13 Å². The molecule has 7 nitrogen and oxygen atoms in total. The number of benzene rings is 1. The van der Waals surface area contributed by atoms with Gasteiger partial charge in [-0.25, -0.2) is 9.99 Å². The summed E-state index contributed by atoms with van der Waals surface area (Å²) in [7, 11) is 0.